The Morgan fingerprint density at radius 3 is 2.26 bits per heavy atom. The summed E-state index contributed by atoms with van der Waals surface area (Å²) in [4.78, 5) is 56.0. The van der Waals surface area contributed by atoms with Crippen molar-refractivity contribution >= 4 is 69.7 Å². The molecule has 5 rings (SSSR count). The lowest BCUT2D eigenvalue weighted by atomic mass is 10.1. The third kappa shape index (κ3) is 6.29. The lowest BCUT2D eigenvalue weighted by Gasteiger charge is -2.24. The molecule has 1 atom stereocenters. The molecule has 9 nitrogen and oxygen atoms in total. The van der Waals surface area contributed by atoms with E-state index in [0.717, 1.165) is 17.7 Å². The number of ether oxygens (including phenoxy) is 1. The first kappa shape index (κ1) is 29.2. The van der Waals surface area contributed by atoms with Crippen LogP contribution in [-0.4, -0.2) is 52.9 Å². The number of amides is 3. The van der Waals surface area contributed by atoms with Crippen LogP contribution >= 0.6 is 23.8 Å². The molecule has 0 bridgehead atoms. The van der Waals surface area contributed by atoms with Crippen molar-refractivity contribution in [2.75, 3.05) is 28.3 Å². The van der Waals surface area contributed by atoms with Crippen LogP contribution < -0.4 is 15.1 Å². The first-order chi connectivity index (χ1) is 20.2. The molecule has 0 aliphatic carbocycles. The van der Waals surface area contributed by atoms with Crippen molar-refractivity contribution in [3.05, 3.63) is 88.9 Å². The third-order valence-corrected chi connectivity index (χ3v) is 7.81. The molecule has 2 aliphatic heterocycles. The molecule has 2 saturated heterocycles. The molecule has 3 aromatic carbocycles. The molecule has 2 heterocycles. The molecule has 0 aromatic heterocycles. The second-order valence-electron chi connectivity index (χ2n) is 9.94. The number of carbonyl (C=O) groups excluding carboxylic acids is 4. The SMILES string of the molecule is CCOC(=O)c1ccc(N2C(=O)C(CC(=O)Nc3ccc(Cl)cc3)N(Cc3ccc(N4CCCC4=O)cc3)C2=S)cc1. The zero-order chi connectivity index (χ0) is 29.8. The number of nitrogens with zero attached hydrogens (tertiary/aromatic N) is 3. The van der Waals surface area contributed by atoms with Crippen molar-refractivity contribution in [1.29, 1.82) is 0 Å². The lowest BCUT2D eigenvalue weighted by molar-refractivity contribution is -0.124. The highest BCUT2D eigenvalue weighted by Gasteiger charge is 2.44. The van der Waals surface area contributed by atoms with Crippen LogP contribution in [-0.2, 0) is 25.7 Å². The molecule has 1 unspecified atom stereocenters. The molecule has 3 amide bonds. The van der Waals surface area contributed by atoms with Gasteiger partial charge in [-0.25, -0.2) is 4.79 Å². The number of halogens is 1. The van der Waals surface area contributed by atoms with Gasteiger partial charge in [0.15, 0.2) is 5.11 Å². The average Bonchev–Trinajstić information content (AvgIpc) is 3.51. The summed E-state index contributed by atoms with van der Waals surface area (Å²) in [5, 5.41) is 3.60. The molecule has 11 heteroatoms. The van der Waals surface area contributed by atoms with E-state index in [2.05, 4.69) is 5.32 Å². The number of thiocarbonyl (C=S) groups is 1. The Morgan fingerprint density at radius 1 is 0.976 bits per heavy atom. The average molecular weight is 605 g/mol. The maximum atomic E-state index is 13.8. The number of anilines is 3. The van der Waals surface area contributed by atoms with E-state index in [0.29, 0.717) is 34.9 Å². The molecular formula is C31H29ClN4O5S. The highest BCUT2D eigenvalue weighted by atomic mass is 35.5. The van der Waals surface area contributed by atoms with Gasteiger partial charge < -0.3 is 19.9 Å². The molecule has 2 fully saturated rings. The van der Waals surface area contributed by atoms with Crippen molar-refractivity contribution in [3.63, 3.8) is 0 Å². The fourth-order valence-corrected chi connectivity index (χ4v) is 5.55. The molecule has 2 aliphatic rings. The minimum atomic E-state index is -0.866. The summed E-state index contributed by atoms with van der Waals surface area (Å²) in [6, 6.07) is 19.8. The summed E-state index contributed by atoms with van der Waals surface area (Å²) >= 11 is 11.7. The maximum absolute atomic E-state index is 13.8. The van der Waals surface area contributed by atoms with Gasteiger partial charge >= 0.3 is 5.97 Å². The number of nitrogens with one attached hydrogen (secondary N) is 1. The van der Waals surface area contributed by atoms with Crippen molar-refractivity contribution < 1.29 is 23.9 Å². The largest absolute Gasteiger partial charge is 0.462 e. The van der Waals surface area contributed by atoms with Gasteiger partial charge in [-0.1, -0.05) is 23.7 Å². The zero-order valence-corrected chi connectivity index (χ0v) is 24.5. The molecule has 0 radical (unpaired) electrons. The van der Waals surface area contributed by atoms with Gasteiger partial charge in [0, 0.05) is 35.9 Å². The number of esters is 1. The van der Waals surface area contributed by atoms with E-state index in [9.17, 15) is 19.2 Å². The van der Waals surface area contributed by atoms with Crippen LogP contribution in [0.3, 0.4) is 0 Å². The summed E-state index contributed by atoms with van der Waals surface area (Å²) in [5.74, 6) is -1.07. The van der Waals surface area contributed by atoms with Crippen LogP contribution in [0.25, 0.3) is 0 Å². The zero-order valence-electron chi connectivity index (χ0n) is 22.9. The van der Waals surface area contributed by atoms with Crippen LogP contribution in [0.1, 0.15) is 42.1 Å². The molecule has 1 N–H and O–H groups in total. The standard InChI is InChI=1S/C31H29ClN4O5S/c1-2-41-30(40)21-7-15-25(16-8-21)36-29(39)26(18-27(37)33-23-11-9-22(32)10-12-23)35(31(36)42)19-20-5-13-24(14-6-20)34-17-3-4-28(34)38/h5-16,26H,2-4,17-19H2,1H3,(H,33,37). The summed E-state index contributed by atoms with van der Waals surface area (Å²) in [6.45, 7) is 2.94. The lowest BCUT2D eigenvalue weighted by Crippen LogP contribution is -2.37. The number of carbonyl (C=O) groups is 4. The van der Waals surface area contributed by atoms with E-state index in [1.54, 1.807) is 65.3 Å². The van der Waals surface area contributed by atoms with Gasteiger partial charge in [-0.3, -0.25) is 19.3 Å². The van der Waals surface area contributed by atoms with Gasteiger partial charge in [-0.15, -0.1) is 0 Å². The molecule has 0 spiro atoms. The van der Waals surface area contributed by atoms with Gasteiger partial charge in [0.25, 0.3) is 5.91 Å². The number of benzene rings is 3. The Balaban J connectivity index is 1.38. The van der Waals surface area contributed by atoms with Crippen LogP contribution in [0.5, 0.6) is 0 Å². The van der Waals surface area contributed by atoms with Crippen LogP contribution in [0, 0.1) is 0 Å². The predicted molar refractivity (Wildman–Crippen MR) is 165 cm³/mol. The quantitative estimate of drug-likeness (QED) is 0.266. The van der Waals surface area contributed by atoms with E-state index in [1.165, 1.54) is 4.90 Å². The van der Waals surface area contributed by atoms with Gasteiger partial charge in [0.2, 0.25) is 11.8 Å². The molecular weight excluding hydrogens is 576 g/mol. The molecule has 0 saturated carbocycles. The van der Waals surface area contributed by atoms with Crippen LogP contribution in [0.4, 0.5) is 17.1 Å². The Bertz CT molecular complexity index is 1510. The van der Waals surface area contributed by atoms with Gasteiger partial charge in [-0.2, -0.15) is 0 Å². The summed E-state index contributed by atoms with van der Waals surface area (Å²) in [6.07, 6.45) is 1.24. The Kier molecular flexibility index (Phi) is 8.84. The van der Waals surface area contributed by atoms with Gasteiger partial charge in [-0.05, 0) is 91.8 Å². The summed E-state index contributed by atoms with van der Waals surface area (Å²) in [7, 11) is 0. The highest BCUT2D eigenvalue weighted by molar-refractivity contribution is 7.80. The van der Waals surface area contributed by atoms with Crippen molar-refractivity contribution in [1.82, 2.24) is 4.90 Å². The fourth-order valence-electron chi connectivity index (χ4n) is 5.03. The number of hydrogen-bond acceptors (Lipinski definition) is 6. The Hall–Kier alpha value is -4.28. The van der Waals surface area contributed by atoms with E-state index in [4.69, 9.17) is 28.6 Å². The maximum Gasteiger partial charge on any atom is 0.338 e. The fraction of sp³-hybridized carbons (Fsp3) is 0.258. The van der Waals surface area contributed by atoms with E-state index >= 15 is 0 Å². The molecule has 3 aromatic rings. The summed E-state index contributed by atoms with van der Waals surface area (Å²) < 4.78 is 5.05. The van der Waals surface area contributed by atoms with Crippen LogP contribution in [0.2, 0.25) is 5.02 Å². The minimum absolute atomic E-state index is 0.102. The Labute approximate surface area is 254 Å². The second kappa shape index (κ2) is 12.7. The Morgan fingerprint density at radius 2 is 1.64 bits per heavy atom. The van der Waals surface area contributed by atoms with E-state index < -0.39 is 12.0 Å². The molecule has 216 valence electrons. The first-order valence-corrected chi connectivity index (χ1v) is 14.4. The van der Waals surface area contributed by atoms with E-state index in [1.807, 2.05) is 24.3 Å². The topological polar surface area (TPSA) is 99.3 Å². The van der Waals surface area contributed by atoms with Crippen molar-refractivity contribution in [2.24, 2.45) is 0 Å². The third-order valence-electron chi connectivity index (χ3n) is 7.14. The predicted octanol–water partition coefficient (Wildman–Crippen LogP) is 5.17. The number of rotatable bonds is 9. The van der Waals surface area contributed by atoms with Crippen molar-refractivity contribution in [3.8, 4) is 0 Å². The van der Waals surface area contributed by atoms with E-state index in [-0.39, 0.29) is 42.4 Å². The van der Waals surface area contributed by atoms with Gasteiger partial charge in [0.1, 0.15) is 6.04 Å². The summed E-state index contributed by atoms with van der Waals surface area (Å²) in [5.41, 5.74) is 3.08. The highest BCUT2D eigenvalue weighted by Crippen LogP contribution is 2.30. The van der Waals surface area contributed by atoms with Crippen LogP contribution in [0.15, 0.2) is 72.8 Å². The first-order valence-electron chi connectivity index (χ1n) is 13.6. The molecule has 42 heavy (non-hydrogen) atoms. The van der Waals surface area contributed by atoms with Gasteiger partial charge in [0.05, 0.1) is 24.3 Å². The van der Waals surface area contributed by atoms with Crippen molar-refractivity contribution in [2.45, 2.75) is 38.8 Å². The normalized spacial score (nSPS) is 16.8. The monoisotopic (exact) mass is 604 g/mol. The smallest absolute Gasteiger partial charge is 0.338 e. The number of hydrogen-bond donors (Lipinski definition) is 1. The minimum Gasteiger partial charge on any atom is -0.462 e. The second-order valence-corrected chi connectivity index (χ2v) is 10.7.